The Balaban J connectivity index is 2.84. The first kappa shape index (κ1) is 11.5. The first-order chi connectivity index (χ1) is 6.94. The maximum Gasteiger partial charge on any atom is 0.252 e. The second-order valence-electron chi connectivity index (χ2n) is 3.59. The van der Waals surface area contributed by atoms with Crippen molar-refractivity contribution in [2.45, 2.75) is 19.4 Å². The van der Waals surface area contributed by atoms with Crippen LogP contribution in [0, 0.1) is 12.3 Å². The molecule has 0 aliphatic rings. The summed E-state index contributed by atoms with van der Waals surface area (Å²) in [5.41, 5.74) is -0.231. The molecule has 0 aliphatic carbocycles. The van der Waals surface area contributed by atoms with Crippen molar-refractivity contribution in [1.82, 2.24) is 10.3 Å². The summed E-state index contributed by atoms with van der Waals surface area (Å²) < 4.78 is 0. The average Bonchev–Trinajstić information content (AvgIpc) is 2.17. The highest BCUT2D eigenvalue weighted by Crippen LogP contribution is 2.08. The van der Waals surface area contributed by atoms with Crippen molar-refractivity contribution in [3.63, 3.8) is 0 Å². The number of carbonyl (C=O) groups excluding carboxylic acids is 1. The van der Waals surface area contributed by atoms with Gasteiger partial charge in [-0.25, -0.2) is 4.98 Å². The molecule has 4 heteroatoms. The third-order valence-corrected chi connectivity index (χ3v) is 1.98. The van der Waals surface area contributed by atoms with Gasteiger partial charge >= 0.3 is 0 Å². The molecule has 1 amide bonds. The monoisotopic (exact) mass is 222 g/mol. The predicted molar refractivity (Wildman–Crippen MR) is 59.6 cm³/mol. The SMILES string of the molecule is C#CC(C)(C)NC(=O)c1ccnc(Cl)c1. The van der Waals surface area contributed by atoms with E-state index in [9.17, 15) is 4.79 Å². The zero-order chi connectivity index (χ0) is 11.5. The molecule has 15 heavy (non-hydrogen) atoms. The van der Waals surface area contributed by atoms with Crippen LogP contribution in [0.15, 0.2) is 18.3 Å². The summed E-state index contributed by atoms with van der Waals surface area (Å²) in [6.45, 7) is 3.49. The molecule has 1 N–H and O–H groups in total. The van der Waals surface area contributed by atoms with Crippen LogP contribution in [0.25, 0.3) is 0 Å². The van der Waals surface area contributed by atoms with Crippen LogP contribution in [0.3, 0.4) is 0 Å². The van der Waals surface area contributed by atoms with Crippen molar-refractivity contribution < 1.29 is 4.79 Å². The van der Waals surface area contributed by atoms with E-state index in [1.165, 1.54) is 12.3 Å². The number of pyridine rings is 1. The largest absolute Gasteiger partial charge is 0.336 e. The summed E-state index contributed by atoms with van der Waals surface area (Å²) in [5, 5.41) is 2.97. The van der Waals surface area contributed by atoms with E-state index in [1.807, 2.05) is 0 Å². The zero-order valence-corrected chi connectivity index (χ0v) is 9.30. The maximum absolute atomic E-state index is 11.7. The van der Waals surface area contributed by atoms with Gasteiger partial charge in [-0.1, -0.05) is 17.5 Å². The van der Waals surface area contributed by atoms with Crippen molar-refractivity contribution in [2.75, 3.05) is 0 Å². The van der Waals surface area contributed by atoms with Crippen molar-refractivity contribution in [1.29, 1.82) is 0 Å². The van der Waals surface area contributed by atoms with E-state index >= 15 is 0 Å². The number of nitrogens with one attached hydrogen (secondary N) is 1. The van der Waals surface area contributed by atoms with Crippen LogP contribution in [0.2, 0.25) is 5.15 Å². The molecule has 0 saturated carbocycles. The van der Waals surface area contributed by atoms with Gasteiger partial charge in [0.15, 0.2) is 0 Å². The van der Waals surface area contributed by atoms with Crippen molar-refractivity contribution in [2.24, 2.45) is 0 Å². The lowest BCUT2D eigenvalue weighted by atomic mass is 10.1. The molecule has 1 rings (SSSR count). The van der Waals surface area contributed by atoms with E-state index in [-0.39, 0.29) is 11.1 Å². The highest BCUT2D eigenvalue weighted by atomic mass is 35.5. The zero-order valence-electron chi connectivity index (χ0n) is 8.54. The van der Waals surface area contributed by atoms with Crippen LogP contribution in [0.4, 0.5) is 0 Å². The molecule has 1 aromatic rings. The van der Waals surface area contributed by atoms with Crippen molar-refractivity contribution in [3.8, 4) is 12.3 Å². The summed E-state index contributed by atoms with van der Waals surface area (Å²) in [6.07, 6.45) is 6.73. The van der Waals surface area contributed by atoms with Gasteiger partial charge in [0.25, 0.3) is 5.91 Å². The molecule has 3 nitrogen and oxygen atoms in total. The Morgan fingerprint density at radius 3 is 2.87 bits per heavy atom. The standard InChI is InChI=1S/C11H11ClN2O/c1-4-11(2,3)14-10(15)8-5-6-13-9(12)7-8/h1,5-7H,2-3H3,(H,14,15). The van der Waals surface area contributed by atoms with Crippen molar-refractivity contribution in [3.05, 3.63) is 29.0 Å². The minimum absolute atomic E-state index is 0.262. The first-order valence-corrected chi connectivity index (χ1v) is 4.74. The first-order valence-electron chi connectivity index (χ1n) is 4.36. The van der Waals surface area contributed by atoms with Crippen LogP contribution in [0.5, 0.6) is 0 Å². The highest BCUT2D eigenvalue weighted by molar-refractivity contribution is 6.29. The van der Waals surface area contributed by atoms with Gasteiger partial charge in [0.1, 0.15) is 5.15 Å². The van der Waals surface area contributed by atoms with Crippen LogP contribution >= 0.6 is 11.6 Å². The van der Waals surface area contributed by atoms with Crippen LogP contribution in [0.1, 0.15) is 24.2 Å². The number of nitrogens with zero attached hydrogens (tertiary/aromatic N) is 1. The van der Waals surface area contributed by atoms with Crippen LogP contribution < -0.4 is 5.32 Å². The molecule has 0 spiro atoms. The number of carbonyl (C=O) groups is 1. The number of aromatic nitrogens is 1. The molecule has 0 unspecified atom stereocenters. The molecular formula is C11H11ClN2O. The number of amides is 1. The van der Waals surface area contributed by atoms with Gasteiger partial charge in [0.05, 0.1) is 5.54 Å². The van der Waals surface area contributed by atoms with Gasteiger partial charge in [-0.2, -0.15) is 0 Å². The van der Waals surface area contributed by atoms with Gasteiger partial charge in [-0.05, 0) is 26.0 Å². The topological polar surface area (TPSA) is 42.0 Å². The Hall–Kier alpha value is -1.53. The normalized spacial score (nSPS) is 10.5. The summed E-state index contributed by atoms with van der Waals surface area (Å²) in [7, 11) is 0. The number of hydrogen-bond donors (Lipinski definition) is 1. The Morgan fingerprint density at radius 2 is 2.33 bits per heavy atom. The fourth-order valence-corrected chi connectivity index (χ4v) is 1.11. The van der Waals surface area contributed by atoms with Gasteiger partial charge in [0.2, 0.25) is 0 Å². The smallest absolute Gasteiger partial charge is 0.252 e. The summed E-state index contributed by atoms with van der Waals surface area (Å²) in [6, 6.07) is 3.07. The quantitative estimate of drug-likeness (QED) is 0.613. The molecular weight excluding hydrogens is 212 g/mol. The third kappa shape index (κ3) is 3.26. The lowest BCUT2D eigenvalue weighted by Gasteiger charge is -2.19. The molecule has 1 aromatic heterocycles. The lowest BCUT2D eigenvalue weighted by Crippen LogP contribution is -2.42. The lowest BCUT2D eigenvalue weighted by molar-refractivity contribution is 0.0930. The second kappa shape index (κ2) is 4.33. The number of halogens is 1. The fourth-order valence-electron chi connectivity index (χ4n) is 0.936. The molecule has 0 aliphatic heterocycles. The minimum atomic E-state index is -0.674. The van der Waals surface area contributed by atoms with E-state index in [0.717, 1.165) is 0 Å². The third-order valence-electron chi connectivity index (χ3n) is 1.78. The van der Waals surface area contributed by atoms with Gasteiger partial charge < -0.3 is 5.32 Å². The van der Waals surface area contributed by atoms with Crippen LogP contribution in [-0.2, 0) is 0 Å². The van der Waals surface area contributed by atoms with Crippen LogP contribution in [-0.4, -0.2) is 16.4 Å². The van der Waals surface area contributed by atoms with E-state index in [2.05, 4.69) is 16.2 Å². The van der Waals surface area contributed by atoms with Gasteiger partial charge in [0, 0.05) is 11.8 Å². The minimum Gasteiger partial charge on any atom is -0.336 e. The molecule has 1 heterocycles. The Bertz CT molecular complexity index is 421. The summed E-state index contributed by atoms with van der Waals surface area (Å²) in [4.78, 5) is 15.5. The molecule has 0 bridgehead atoms. The molecule has 78 valence electrons. The highest BCUT2D eigenvalue weighted by Gasteiger charge is 2.18. The Labute approximate surface area is 93.9 Å². The molecule has 0 radical (unpaired) electrons. The number of hydrogen-bond acceptors (Lipinski definition) is 2. The van der Waals surface area contributed by atoms with E-state index in [1.54, 1.807) is 19.9 Å². The molecule has 0 aromatic carbocycles. The average molecular weight is 223 g/mol. The van der Waals surface area contributed by atoms with E-state index < -0.39 is 5.54 Å². The summed E-state index contributed by atoms with van der Waals surface area (Å²) >= 11 is 5.66. The molecule has 0 saturated heterocycles. The number of rotatable bonds is 2. The van der Waals surface area contributed by atoms with E-state index in [4.69, 9.17) is 18.0 Å². The Kier molecular flexibility index (Phi) is 3.33. The predicted octanol–water partition coefficient (Wildman–Crippen LogP) is 1.88. The Morgan fingerprint density at radius 1 is 1.67 bits per heavy atom. The fraction of sp³-hybridized carbons (Fsp3) is 0.273. The second-order valence-corrected chi connectivity index (χ2v) is 3.98. The summed E-state index contributed by atoms with van der Waals surface area (Å²) in [5.74, 6) is 2.21. The maximum atomic E-state index is 11.7. The van der Waals surface area contributed by atoms with Gasteiger partial charge in [-0.15, -0.1) is 6.42 Å². The van der Waals surface area contributed by atoms with Gasteiger partial charge in [-0.3, -0.25) is 4.79 Å². The number of terminal acetylenes is 1. The molecule has 0 atom stereocenters. The molecule has 0 fully saturated rings. The van der Waals surface area contributed by atoms with E-state index in [0.29, 0.717) is 5.56 Å². The van der Waals surface area contributed by atoms with Crippen molar-refractivity contribution >= 4 is 17.5 Å².